The lowest BCUT2D eigenvalue weighted by Crippen LogP contribution is -2.46. The number of hydrogen-bond donors (Lipinski definition) is 0. The van der Waals surface area contributed by atoms with Crippen molar-refractivity contribution in [2.75, 3.05) is 24.7 Å². The normalized spacial score (nSPS) is 15.5. The lowest BCUT2D eigenvalue weighted by Gasteiger charge is -2.36. The molecule has 2 rings (SSSR count). The summed E-state index contributed by atoms with van der Waals surface area (Å²) in [5.41, 5.74) is 1.89. The average molecular weight is 204 g/mol. The van der Waals surface area contributed by atoms with Crippen LogP contribution in [0.4, 0.5) is 5.69 Å². The molecule has 0 atom stereocenters. The molecule has 1 aromatic rings. The molecule has 3 heteroatoms. The van der Waals surface area contributed by atoms with Gasteiger partial charge in [-0.05, 0) is 26.0 Å². The molecule has 0 bridgehead atoms. The summed E-state index contributed by atoms with van der Waals surface area (Å²) in [5, 5.41) is 0. The van der Waals surface area contributed by atoms with Gasteiger partial charge < -0.3 is 9.80 Å². The summed E-state index contributed by atoms with van der Waals surface area (Å²) in [6.07, 6.45) is 0. The Morgan fingerprint density at radius 2 is 1.80 bits per heavy atom. The summed E-state index contributed by atoms with van der Waals surface area (Å²) in [6.45, 7) is 6.54. The van der Waals surface area contributed by atoms with E-state index in [4.69, 9.17) is 0 Å². The van der Waals surface area contributed by atoms with Crippen LogP contribution in [0.3, 0.4) is 0 Å². The number of nitrogens with zero attached hydrogens (tertiary/aromatic N) is 2. The van der Waals surface area contributed by atoms with Gasteiger partial charge in [0.25, 0.3) is 5.91 Å². The summed E-state index contributed by atoms with van der Waals surface area (Å²) < 4.78 is 0. The number of benzene rings is 1. The van der Waals surface area contributed by atoms with Crippen LogP contribution in [0.25, 0.3) is 0 Å². The second-order valence-corrected chi connectivity index (χ2v) is 3.68. The smallest absolute Gasteiger partial charge is 0.257 e. The van der Waals surface area contributed by atoms with E-state index in [0.717, 1.165) is 24.3 Å². The molecule has 0 radical (unpaired) electrons. The van der Waals surface area contributed by atoms with Gasteiger partial charge in [-0.2, -0.15) is 0 Å². The predicted octanol–water partition coefficient (Wildman–Crippen LogP) is 1.95. The Kier molecular flexibility index (Phi) is 2.62. The SMILES string of the molecule is CCN1CN(CC)c2ccccc2C1=O. The number of fused-ring (bicyclic) bond motifs is 1. The van der Waals surface area contributed by atoms with Crippen LogP contribution in [0.15, 0.2) is 24.3 Å². The van der Waals surface area contributed by atoms with Crippen LogP contribution in [0.2, 0.25) is 0 Å². The Bertz CT molecular complexity index is 376. The molecule has 1 aromatic carbocycles. The third-order valence-electron chi connectivity index (χ3n) is 2.87. The zero-order chi connectivity index (χ0) is 10.8. The molecule has 1 heterocycles. The van der Waals surface area contributed by atoms with E-state index in [1.165, 1.54) is 0 Å². The number of para-hydroxylation sites is 1. The molecular weight excluding hydrogens is 188 g/mol. The highest BCUT2D eigenvalue weighted by Crippen LogP contribution is 2.26. The molecule has 80 valence electrons. The van der Waals surface area contributed by atoms with E-state index >= 15 is 0 Å². The molecule has 1 amide bonds. The highest BCUT2D eigenvalue weighted by molar-refractivity contribution is 6.01. The fourth-order valence-electron chi connectivity index (χ4n) is 1.96. The average Bonchev–Trinajstić information content (AvgIpc) is 2.30. The minimum absolute atomic E-state index is 0.151. The van der Waals surface area contributed by atoms with Crippen molar-refractivity contribution in [1.82, 2.24) is 4.90 Å². The molecular formula is C12H16N2O. The van der Waals surface area contributed by atoms with Gasteiger partial charge in [0, 0.05) is 13.1 Å². The van der Waals surface area contributed by atoms with E-state index in [0.29, 0.717) is 6.67 Å². The quantitative estimate of drug-likeness (QED) is 0.735. The monoisotopic (exact) mass is 204 g/mol. The first-order valence-corrected chi connectivity index (χ1v) is 5.41. The molecule has 0 N–H and O–H groups in total. The minimum atomic E-state index is 0.151. The van der Waals surface area contributed by atoms with E-state index in [2.05, 4.69) is 11.8 Å². The van der Waals surface area contributed by atoms with Crippen LogP contribution >= 0.6 is 0 Å². The molecule has 0 aromatic heterocycles. The fourth-order valence-corrected chi connectivity index (χ4v) is 1.96. The topological polar surface area (TPSA) is 23.6 Å². The molecule has 0 unspecified atom stereocenters. The van der Waals surface area contributed by atoms with Crippen molar-refractivity contribution in [3.05, 3.63) is 29.8 Å². The van der Waals surface area contributed by atoms with E-state index in [-0.39, 0.29) is 5.91 Å². The van der Waals surface area contributed by atoms with Gasteiger partial charge >= 0.3 is 0 Å². The van der Waals surface area contributed by atoms with Crippen molar-refractivity contribution in [3.63, 3.8) is 0 Å². The Balaban J connectivity index is 2.44. The van der Waals surface area contributed by atoms with Crippen molar-refractivity contribution in [2.24, 2.45) is 0 Å². The first-order valence-electron chi connectivity index (χ1n) is 5.41. The fraction of sp³-hybridized carbons (Fsp3) is 0.417. The van der Waals surface area contributed by atoms with Crippen molar-refractivity contribution >= 4 is 11.6 Å². The number of rotatable bonds is 2. The molecule has 1 aliphatic rings. The van der Waals surface area contributed by atoms with Crippen molar-refractivity contribution in [1.29, 1.82) is 0 Å². The van der Waals surface area contributed by atoms with Crippen LogP contribution in [0, 0.1) is 0 Å². The standard InChI is InChI=1S/C12H16N2O/c1-3-13-9-14(4-2)12(15)10-7-5-6-8-11(10)13/h5-8H,3-4,9H2,1-2H3. The van der Waals surface area contributed by atoms with Gasteiger partial charge in [-0.1, -0.05) is 12.1 Å². The van der Waals surface area contributed by atoms with Gasteiger partial charge in [-0.15, -0.1) is 0 Å². The first kappa shape index (κ1) is 10.0. The lowest BCUT2D eigenvalue weighted by molar-refractivity contribution is 0.0751. The summed E-state index contributed by atoms with van der Waals surface area (Å²) in [5.74, 6) is 0.151. The molecule has 0 fully saturated rings. The molecule has 3 nitrogen and oxygen atoms in total. The number of carbonyl (C=O) groups is 1. The molecule has 0 spiro atoms. The van der Waals surface area contributed by atoms with Gasteiger partial charge in [0.15, 0.2) is 0 Å². The number of amides is 1. The molecule has 0 saturated heterocycles. The number of hydrogen-bond acceptors (Lipinski definition) is 2. The van der Waals surface area contributed by atoms with Crippen molar-refractivity contribution in [2.45, 2.75) is 13.8 Å². The third-order valence-corrected chi connectivity index (χ3v) is 2.87. The van der Waals surface area contributed by atoms with Crippen LogP contribution in [-0.4, -0.2) is 30.6 Å². The largest absolute Gasteiger partial charge is 0.353 e. The van der Waals surface area contributed by atoms with Gasteiger partial charge in [0.1, 0.15) is 0 Å². The van der Waals surface area contributed by atoms with Gasteiger partial charge in [-0.25, -0.2) is 0 Å². The zero-order valence-corrected chi connectivity index (χ0v) is 9.23. The van der Waals surface area contributed by atoms with Crippen LogP contribution in [-0.2, 0) is 0 Å². The van der Waals surface area contributed by atoms with E-state index in [9.17, 15) is 4.79 Å². The zero-order valence-electron chi connectivity index (χ0n) is 9.23. The number of anilines is 1. The summed E-state index contributed by atoms with van der Waals surface area (Å²) in [7, 11) is 0. The van der Waals surface area contributed by atoms with Gasteiger partial charge in [0.2, 0.25) is 0 Å². The Labute approximate surface area is 90.3 Å². The summed E-state index contributed by atoms with van der Waals surface area (Å²) in [6, 6.07) is 7.83. The minimum Gasteiger partial charge on any atom is -0.353 e. The summed E-state index contributed by atoms with van der Waals surface area (Å²) in [4.78, 5) is 16.1. The summed E-state index contributed by atoms with van der Waals surface area (Å²) >= 11 is 0. The Morgan fingerprint density at radius 1 is 1.13 bits per heavy atom. The lowest BCUT2D eigenvalue weighted by atomic mass is 10.1. The molecule has 1 aliphatic heterocycles. The Hall–Kier alpha value is -1.51. The van der Waals surface area contributed by atoms with E-state index in [1.54, 1.807) is 0 Å². The second-order valence-electron chi connectivity index (χ2n) is 3.68. The maximum Gasteiger partial charge on any atom is 0.257 e. The third kappa shape index (κ3) is 1.58. The van der Waals surface area contributed by atoms with Crippen LogP contribution in [0.1, 0.15) is 24.2 Å². The van der Waals surface area contributed by atoms with Crippen LogP contribution < -0.4 is 4.90 Å². The highest BCUT2D eigenvalue weighted by Gasteiger charge is 2.26. The van der Waals surface area contributed by atoms with Crippen molar-refractivity contribution in [3.8, 4) is 0 Å². The highest BCUT2D eigenvalue weighted by atomic mass is 16.2. The van der Waals surface area contributed by atoms with Crippen LogP contribution in [0.5, 0.6) is 0 Å². The molecule has 15 heavy (non-hydrogen) atoms. The first-order chi connectivity index (χ1) is 7.27. The van der Waals surface area contributed by atoms with Gasteiger partial charge in [-0.3, -0.25) is 4.79 Å². The molecule has 0 saturated carbocycles. The molecule has 0 aliphatic carbocycles. The van der Waals surface area contributed by atoms with Gasteiger partial charge in [0.05, 0.1) is 17.9 Å². The number of carbonyl (C=O) groups excluding carboxylic acids is 1. The Morgan fingerprint density at radius 3 is 2.47 bits per heavy atom. The predicted molar refractivity (Wildman–Crippen MR) is 61.0 cm³/mol. The maximum absolute atomic E-state index is 12.0. The van der Waals surface area contributed by atoms with E-state index in [1.807, 2.05) is 36.1 Å². The van der Waals surface area contributed by atoms with Crippen molar-refractivity contribution < 1.29 is 4.79 Å². The second kappa shape index (κ2) is 3.93. The van der Waals surface area contributed by atoms with E-state index < -0.39 is 0 Å². The maximum atomic E-state index is 12.0.